The van der Waals surface area contributed by atoms with E-state index in [4.69, 9.17) is 9.47 Å². The van der Waals surface area contributed by atoms with E-state index >= 15 is 0 Å². The number of ether oxygens (including phenoxy) is 2. The van der Waals surface area contributed by atoms with Gasteiger partial charge < -0.3 is 14.8 Å². The normalized spacial score (nSPS) is 18.5. The molecule has 5 nitrogen and oxygen atoms in total. The van der Waals surface area contributed by atoms with E-state index in [0.29, 0.717) is 6.04 Å². The number of amides is 1. The maximum Gasteiger partial charge on any atom is 0.216 e. The van der Waals surface area contributed by atoms with Crippen LogP contribution in [0.25, 0.3) is 0 Å². The van der Waals surface area contributed by atoms with Crippen molar-refractivity contribution in [2.24, 2.45) is 0 Å². The van der Waals surface area contributed by atoms with Crippen LogP contribution in [0.2, 0.25) is 0 Å². The molecule has 1 aromatic rings. The summed E-state index contributed by atoms with van der Waals surface area (Å²) >= 11 is 0. The second-order valence-electron chi connectivity index (χ2n) is 6.34. The maximum absolute atomic E-state index is 11.0. The molecule has 24 heavy (non-hydrogen) atoms. The molecule has 1 unspecified atom stereocenters. The first-order valence-corrected chi connectivity index (χ1v) is 8.40. The number of benzene rings is 1. The molecule has 1 aromatic carbocycles. The van der Waals surface area contributed by atoms with Crippen molar-refractivity contribution in [1.29, 1.82) is 0 Å². The Bertz CT molecular complexity index is 606. The van der Waals surface area contributed by atoms with Gasteiger partial charge in [0.15, 0.2) is 11.5 Å². The van der Waals surface area contributed by atoms with Crippen LogP contribution in [0.5, 0.6) is 11.5 Å². The van der Waals surface area contributed by atoms with Crippen LogP contribution in [0, 0.1) is 0 Å². The lowest BCUT2D eigenvalue weighted by Crippen LogP contribution is -2.36. The highest BCUT2D eigenvalue weighted by Gasteiger charge is 2.36. The highest BCUT2D eigenvalue weighted by atomic mass is 35.5. The van der Waals surface area contributed by atoms with E-state index in [2.05, 4.69) is 16.3 Å². The molecule has 3 rings (SSSR count). The van der Waals surface area contributed by atoms with Crippen molar-refractivity contribution in [2.45, 2.75) is 38.6 Å². The molecule has 2 aliphatic rings. The molecule has 6 heteroatoms. The average molecular weight is 355 g/mol. The lowest BCUT2D eigenvalue weighted by atomic mass is 9.92. The van der Waals surface area contributed by atoms with Gasteiger partial charge in [-0.3, -0.25) is 9.69 Å². The number of hydrogen-bond donors (Lipinski definition) is 1. The van der Waals surface area contributed by atoms with Crippen LogP contribution in [0.4, 0.5) is 0 Å². The van der Waals surface area contributed by atoms with Crippen LogP contribution in [0.15, 0.2) is 6.07 Å². The van der Waals surface area contributed by atoms with Crippen molar-refractivity contribution in [3.8, 4) is 11.5 Å². The summed E-state index contributed by atoms with van der Waals surface area (Å²) in [5, 5.41) is 2.88. The minimum Gasteiger partial charge on any atom is -0.493 e. The van der Waals surface area contributed by atoms with Crippen molar-refractivity contribution in [2.75, 3.05) is 33.9 Å². The standard InChI is InChI=1S/C18H26N2O3.ClH/c1-12(21)19-8-4-9-20-10-7-13-11-16(22-2)18(23-3)14-5-6-15(20)17(13)14;/h11,15H,4-10H2,1-3H3,(H,19,21);1H. The molecule has 1 aliphatic heterocycles. The molecular formula is C18H27ClN2O3. The van der Waals surface area contributed by atoms with E-state index in [9.17, 15) is 4.79 Å². The van der Waals surface area contributed by atoms with Crippen LogP contribution in [0.3, 0.4) is 0 Å². The number of nitrogens with zero attached hydrogens (tertiary/aromatic N) is 1. The lowest BCUT2D eigenvalue weighted by molar-refractivity contribution is -0.118. The zero-order valence-electron chi connectivity index (χ0n) is 14.7. The van der Waals surface area contributed by atoms with Gasteiger partial charge in [0.05, 0.1) is 14.2 Å². The van der Waals surface area contributed by atoms with Crippen molar-refractivity contribution in [1.82, 2.24) is 10.2 Å². The van der Waals surface area contributed by atoms with Gasteiger partial charge in [0.1, 0.15) is 0 Å². The first-order chi connectivity index (χ1) is 11.2. The van der Waals surface area contributed by atoms with Gasteiger partial charge in [0.25, 0.3) is 0 Å². The molecule has 0 radical (unpaired) electrons. The summed E-state index contributed by atoms with van der Waals surface area (Å²) in [7, 11) is 3.43. The number of halogens is 1. The average Bonchev–Trinajstić information content (AvgIpc) is 2.99. The zero-order chi connectivity index (χ0) is 16.4. The second-order valence-corrected chi connectivity index (χ2v) is 6.34. The zero-order valence-corrected chi connectivity index (χ0v) is 15.5. The Morgan fingerprint density at radius 3 is 2.79 bits per heavy atom. The molecule has 0 spiro atoms. The Kier molecular flexibility index (Phi) is 6.35. The fraction of sp³-hybridized carbons (Fsp3) is 0.611. The summed E-state index contributed by atoms with van der Waals surface area (Å²) in [6.45, 7) is 4.43. The van der Waals surface area contributed by atoms with E-state index in [1.165, 1.54) is 16.7 Å². The number of methoxy groups -OCH3 is 2. The minimum absolute atomic E-state index is 0. The monoisotopic (exact) mass is 354 g/mol. The van der Waals surface area contributed by atoms with Gasteiger partial charge in [-0.2, -0.15) is 0 Å². The van der Waals surface area contributed by atoms with Gasteiger partial charge in [-0.15, -0.1) is 12.4 Å². The van der Waals surface area contributed by atoms with Gasteiger partial charge in [0.2, 0.25) is 5.91 Å². The topological polar surface area (TPSA) is 50.8 Å². The van der Waals surface area contributed by atoms with Gasteiger partial charge in [-0.05, 0) is 42.9 Å². The fourth-order valence-electron chi connectivity index (χ4n) is 4.04. The van der Waals surface area contributed by atoms with Gasteiger partial charge in [-0.1, -0.05) is 0 Å². The van der Waals surface area contributed by atoms with Gasteiger partial charge in [0, 0.05) is 38.2 Å². The van der Waals surface area contributed by atoms with E-state index in [1.807, 2.05) is 0 Å². The number of rotatable bonds is 6. The molecule has 1 amide bonds. The van der Waals surface area contributed by atoms with Crippen molar-refractivity contribution in [3.63, 3.8) is 0 Å². The molecule has 1 atom stereocenters. The third-order valence-corrected chi connectivity index (χ3v) is 5.00. The molecule has 0 aromatic heterocycles. The van der Waals surface area contributed by atoms with Gasteiger partial charge >= 0.3 is 0 Å². The summed E-state index contributed by atoms with van der Waals surface area (Å²) in [6, 6.07) is 2.65. The molecule has 0 saturated heterocycles. The molecule has 0 bridgehead atoms. The summed E-state index contributed by atoms with van der Waals surface area (Å²) in [6.07, 6.45) is 4.24. The van der Waals surface area contributed by atoms with E-state index in [1.54, 1.807) is 21.1 Å². The number of nitrogens with one attached hydrogen (secondary N) is 1. The highest BCUT2D eigenvalue weighted by molar-refractivity contribution is 5.85. The Hall–Kier alpha value is -1.46. The van der Waals surface area contributed by atoms with E-state index in [-0.39, 0.29) is 18.3 Å². The number of carbonyl (C=O) groups is 1. The van der Waals surface area contributed by atoms with E-state index < -0.39 is 0 Å². The van der Waals surface area contributed by atoms with Crippen LogP contribution in [-0.4, -0.2) is 44.7 Å². The van der Waals surface area contributed by atoms with Crippen LogP contribution in [0.1, 0.15) is 42.5 Å². The largest absolute Gasteiger partial charge is 0.493 e. The van der Waals surface area contributed by atoms with Crippen LogP contribution < -0.4 is 14.8 Å². The fourth-order valence-corrected chi connectivity index (χ4v) is 4.04. The SMILES string of the molecule is COc1cc2c3c(c1OC)CCC3N(CCCNC(C)=O)CC2.Cl. The Labute approximate surface area is 150 Å². The molecule has 0 fully saturated rings. The molecule has 1 aliphatic carbocycles. The van der Waals surface area contributed by atoms with Crippen molar-refractivity contribution >= 4 is 18.3 Å². The molecule has 0 saturated carbocycles. The van der Waals surface area contributed by atoms with Gasteiger partial charge in [-0.25, -0.2) is 0 Å². The quantitative estimate of drug-likeness (QED) is 0.797. The molecule has 134 valence electrons. The molecule has 1 N–H and O–H groups in total. The minimum atomic E-state index is 0. The van der Waals surface area contributed by atoms with Crippen LogP contribution in [-0.2, 0) is 17.6 Å². The number of hydrogen-bond acceptors (Lipinski definition) is 4. The highest BCUT2D eigenvalue weighted by Crippen LogP contribution is 2.48. The Morgan fingerprint density at radius 1 is 1.33 bits per heavy atom. The second kappa shape index (κ2) is 8.08. The Balaban J connectivity index is 0.00000208. The third kappa shape index (κ3) is 3.47. The predicted octanol–water partition coefficient (Wildman–Crippen LogP) is 2.50. The summed E-state index contributed by atoms with van der Waals surface area (Å²) in [5.41, 5.74) is 4.21. The summed E-state index contributed by atoms with van der Waals surface area (Å²) < 4.78 is 11.1. The molecule has 1 heterocycles. The third-order valence-electron chi connectivity index (χ3n) is 5.00. The summed E-state index contributed by atoms with van der Waals surface area (Å²) in [4.78, 5) is 13.5. The van der Waals surface area contributed by atoms with Crippen molar-refractivity contribution < 1.29 is 14.3 Å². The molecular weight excluding hydrogens is 328 g/mol. The Morgan fingerprint density at radius 2 is 2.12 bits per heavy atom. The first-order valence-electron chi connectivity index (χ1n) is 8.40. The smallest absolute Gasteiger partial charge is 0.216 e. The number of carbonyl (C=O) groups excluding carboxylic acids is 1. The summed E-state index contributed by atoms with van der Waals surface area (Å²) in [5.74, 6) is 1.82. The lowest BCUT2D eigenvalue weighted by Gasteiger charge is -2.35. The first kappa shape index (κ1) is 18.9. The maximum atomic E-state index is 11.0. The van der Waals surface area contributed by atoms with Crippen LogP contribution >= 0.6 is 12.4 Å². The van der Waals surface area contributed by atoms with E-state index in [0.717, 1.165) is 56.8 Å². The van der Waals surface area contributed by atoms with Crippen molar-refractivity contribution in [3.05, 3.63) is 22.8 Å². The predicted molar refractivity (Wildman–Crippen MR) is 96.4 cm³/mol.